The van der Waals surface area contributed by atoms with E-state index in [0.717, 1.165) is 5.69 Å². The fraction of sp³-hybridized carbons (Fsp3) is 0.182. The molecule has 0 aliphatic carbocycles. The number of hydrogen-bond acceptors (Lipinski definition) is 4. The number of anilines is 1. The van der Waals surface area contributed by atoms with Crippen molar-refractivity contribution in [2.45, 2.75) is 6.54 Å². The molecule has 2 rings (SSSR count). The summed E-state index contributed by atoms with van der Waals surface area (Å²) in [7, 11) is 1.81. The molecule has 5 nitrogen and oxygen atoms in total. The van der Waals surface area contributed by atoms with Crippen LogP contribution in [0.1, 0.15) is 11.4 Å². The van der Waals surface area contributed by atoms with Crippen LogP contribution in [0, 0.1) is 11.3 Å². The van der Waals surface area contributed by atoms with Crippen LogP contribution in [0.4, 0.5) is 5.69 Å². The first-order valence-corrected chi connectivity index (χ1v) is 5.35. The SMILES string of the molecule is Cn1cnc(CNc2ccc(C#N)c(Cl)c2)n1. The van der Waals surface area contributed by atoms with E-state index in [2.05, 4.69) is 15.4 Å². The maximum absolute atomic E-state index is 8.74. The minimum atomic E-state index is 0.437. The van der Waals surface area contributed by atoms with Crippen molar-refractivity contribution in [2.24, 2.45) is 7.05 Å². The van der Waals surface area contributed by atoms with Gasteiger partial charge in [-0.2, -0.15) is 10.4 Å². The van der Waals surface area contributed by atoms with Gasteiger partial charge in [0, 0.05) is 12.7 Å². The van der Waals surface area contributed by atoms with Crippen LogP contribution in [0.15, 0.2) is 24.5 Å². The largest absolute Gasteiger partial charge is 0.378 e. The molecule has 0 unspecified atom stereocenters. The highest BCUT2D eigenvalue weighted by Crippen LogP contribution is 2.20. The smallest absolute Gasteiger partial charge is 0.169 e. The molecule has 86 valence electrons. The Bertz CT molecular complexity index is 569. The van der Waals surface area contributed by atoms with Gasteiger partial charge in [-0.3, -0.25) is 4.68 Å². The summed E-state index contributed by atoms with van der Waals surface area (Å²) in [5.74, 6) is 0.702. The molecule has 0 amide bonds. The lowest BCUT2D eigenvalue weighted by Crippen LogP contribution is -2.02. The normalized spacial score (nSPS) is 9.94. The molecule has 17 heavy (non-hydrogen) atoms. The van der Waals surface area contributed by atoms with Crippen molar-refractivity contribution in [3.8, 4) is 6.07 Å². The van der Waals surface area contributed by atoms with Gasteiger partial charge in [0.2, 0.25) is 0 Å². The zero-order chi connectivity index (χ0) is 12.3. The van der Waals surface area contributed by atoms with Crippen molar-refractivity contribution in [3.05, 3.63) is 40.9 Å². The minimum Gasteiger partial charge on any atom is -0.378 e. The average Bonchev–Trinajstić information content (AvgIpc) is 2.73. The zero-order valence-corrected chi connectivity index (χ0v) is 9.94. The third-order valence-electron chi connectivity index (χ3n) is 2.19. The van der Waals surface area contributed by atoms with Gasteiger partial charge in [0.05, 0.1) is 17.1 Å². The molecule has 0 spiro atoms. The van der Waals surface area contributed by atoms with Crippen molar-refractivity contribution < 1.29 is 0 Å². The number of rotatable bonds is 3. The Balaban J connectivity index is 2.05. The summed E-state index contributed by atoms with van der Waals surface area (Å²) < 4.78 is 1.64. The molecule has 1 N–H and O–H groups in total. The van der Waals surface area contributed by atoms with Gasteiger partial charge in [-0.1, -0.05) is 11.6 Å². The standard InChI is InChI=1S/C11H10ClN5/c1-17-7-15-11(16-17)6-14-9-3-2-8(5-13)10(12)4-9/h2-4,7,14H,6H2,1H3. The number of benzene rings is 1. The molecule has 0 aliphatic heterocycles. The number of hydrogen-bond donors (Lipinski definition) is 1. The molecule has 0 atom stereocenters. The van der Waals surface area contributed by atoms with Gasteiger partial charge >= 0.3 is 0 Å². The topological polar surface area (TPSA) is 66.5 Å². The number of nitriles is 1. The van der Waals surface area contributed by atoms with Gasteiger partial charge in [-0.25, -0.2) is 4.98 Å². The van der Waals surface area contributed by atoms with E-state index in [1.165, 1.54) is 0 Å². The molecule has 2 aromatic rings. The lowest BCUT2D eigenvalue weighted by atomic mass is 10.2. The van der Waals surface area contributed by atoms with Gasteiger partial charge in [0.1, 0.15) is 12.4 Å². The average molecular weight is 248 g/mol. The van der Waals surface area contributed by atoms with Crippen molar-refractivity contribution in [1.29, 1.82) is 5.26 Å². The third kappa shape index (κ3) is 2.74. The molecule has 0 saturated heterocycles. The van der Waals surface area contributed by atoms with Gasteiger partial charge in [-0.15, -0.1) is 0 Å². The van der Waals surface area contributed by atoms with Gasteiger partial charge < -0.3 is 5.32 Å². The van der Waals surface area contributed by atoms with E-state index in [4.69, 9.17) is 16.9 Å². The van der Waals surface area contributed by atoms with Crippen LogP contribution in [-0.2, 0) is 13.6 Å². The summed E-state index contributed by atoms with van der Waals surface area (Å²) >= 11 is 5.92. The van der Waals surface area contributed by atoms with Gasteiger partial charge in [0.15, 0.2) is 5.82 Å². The summed E-state index contributed by atoms with van der Waals surface area (Å²) in [4.78, 5) is 4.09. The van der Waals surface area contributed by atoms with Gasteiger partial charge in [0.25, 0.3) is 0 Å². The number of nitrogens with zero attached hydrogens (tertiary/aromatic N) is 4. The number of aromatic nitrogens is 3. The van der Waals surface area contributed by atoms with Crippen LogP contribution in [0.2, 0.25) is 5.02 Å². The summed E-state index contributed by atoms with van der Waals surface area (Å²) in [5.41, 5.74) is 1.30. The van der Waals surface area contributed by atoms with E-state index in [1.54, 1.807) is 29.2 Å². The maximum Gasteiger partial charge on any atom is 0.169 e. The number of aryl methyl sites for hydroxylation is 1. The zero-order valence-electron chi connectivity index (χ0n) is 9.18. The predicted molar refractivity (Wildman–Crippen MR) is 64.5 cm³/mol. The molecule has 0 fully saturated rings. The fourth-order valence-corrected chi connectivity index (χ4v) is 1.58. The van der Waals surface area contributed by atoms with E-state index < -0.39 is 0 Å². The summed E-state index contributed by atoms with van der Waals surface area (Å²) in [6.07, 6.45) is 1.64. The Labute approximate surface area is 104 Å². The third-order valence-corrected chi connectivity index (χ3v) is 2.50. The van der Waals surface area contributed by atoms with Crippen LogP contribution < -0.4 is 5.32 Å². The minimum absolute atomic E-state index is 0.437. The van der Waals surface area contributed by atoms with Crippen molar-refractivity contribution >= 4 is 17.3 Å². The molecular weight excluding hydrogens is 238 g/mol. The Morgan fingerprint density at radius 3 is 2.94 bits per heavy atom. The summed E-state index contributed by atoms with van der Waals surface area (Å²) in [6.45, 7) is 0.517. The fourth-order valence-electron chi connectivity index (χ4n) is 1.36. The second-order valence-corrected chi connectivity index (χ2v) is 3.90. The monoisotopic (exact) mass is 247 g/mol. The van der Waals surface area contributed by atoms with E-state index in [1.807, 2.05) is 13.1 Å². The quantitative estimate of drug-likeness (QED) is 0.900. The highest BCUT2D eigenvalue weighted by molar-refractivity contribution is 6.32. The van der Waals surface area contributed by atoms with Crippen molar-refractivity contribution in [2.75, 3.05) is 5.32 Å². The first kappa shape index (κ1) is 11.4. The number of halogens is 1. The molecule has 1 aromatic heterocycles. The second kappa shape index (κ2) is 4.85. The number of nitrogens with one attached hydrogen (secondary N) is 1. The first-order chi connectivity index (χ1) is 8.19. The second-order valence-electron chi connectivity index (χ2n) is 3.49. The molecule has 1 heterocycles. The first-order valence-electron chi connectivity index (χ1n) is 4.97. The highest BCUT2D eigenvalue weighted by Gasteiger charge is 2.02. The molecule has 0 aliphatic rings. The Hall–Kier alpha value is -2.06. The molecule has 0 radical (unpaired) electrons. The van der Waals surface area contributed by atoms with E-state index in [9.17, 15) is 0 Å². The van der Waals surface area contributed by atoms with Crippen molar-refractivity contribution in [1.82, 2.24) is 14.8 Å². The molecule has 0 bridgehead atoms. The lowest BCUT2D eigenvalue weighted by Gasteiger charge is -2.04. The van der Waals surface area contributed by atoms with Crippen LogP contribution in [0.5, 0.6) is 0 Å². The highest BCUT2D eigenvalue weighted by atomic mass is 35.5. The molecular formula is C11H10ClN5. The van der Waals surface area contributed by atoms with Crippen LogP contribution in [0.3, 0.4) is 0 Å². The molecule has 0 saturated carbocycles. The summed E-state index contributed by atoms with van der Waals surface area (Å²) in [6, 6.07) is 7.20. The molecule has 6 heteroatoms. The Kier molecular flexibility index (Phi) is 3.26. The lowest BCUT2D eigenvalue weighted by molar-refractivity contribution is 0.747. The maximum atomic E-state index is 8.74. The van der Waals surface area contributed by atoms with E-state index in [-0.39, 0.29) is 0 Å². The summed E-state index contributed by atoms with van der Waals surface area (Å²) in [5, 5.41) is 16.5. The van der Waals surface area contributed by atoms with Crippen LogP contribution in [0.25, 0.3) is 0 Å². The van der Waals surface area contributed by atoms with Crippen molar-refractivity contribution in [3.63, 3.8) is 0 Å². The van der Waals surface area contributed by atoms with Gasteiger partial charge in [-0.05, 0) is 18.2 Å². The van der Waals surface area contributed by atoms with E-state index in [0.29, 0.717) is 23.0 Å². The Morgan fingerprint density at radius 2 is 2.35 bits per heavy atom. The van der Waals surface area contributed by atoms with E-state index >= 15 is 0 Å². The van der Waals surface area contributed by atoms with Crippen LogP contribution >= 0.6 is 11.6 Å². The molecule has 1 aromatic carbocycles. The predicted octanol–water partition coefficient (Wildman–Crippen LogP) is 1.95. The van der Waals surface area contributed by atoms with Crippen LogP contribution in [-0.4, -0.2) is 14.8 Å². The Morgan fingerprint density at radius 1 is 1.53 bits per heavy atom.